The molecule has 2 aliphatic heterocycles. The lowest BCUT2D eigenvalue weighted by Gasteiger charge is -2.53. The van der Waals surface area contributed by atoms with E-state index in [0.29, 0.717) is 0 Å². The lowest BCUT2D eigenvalue weighted by atomic mass is 10.0. The molecule has 0 bridgehead atoms. The molecule has 4 heteroatoms. The minimum Gasteiger partial charge on any atom is -0.304 e. The summed E-state index contributed by atoms with van der Waals surface area (Å²) in [5.74, 6) is -1.02. The molecule has 1 aromatic carbocycles. The standard InChI is InChI=1S/C14H18FNO2/c1-11-17-14(18-11,16-9-3-2-4-10-16)12-5-7-13(15)8-6-12/h5-8,11H,2-4,9-10H2,1H3. The van der Waals surface area contributed by atoms with Crippen molar-refractivity contribution in [3.8, 4) is 0 Å². The first-order valence-electron chi connectivity index (χ1n) is 6.57. The van der Waals surface area contributed by atoms with Crippen LogP contribution in [0.5, 0.6) is 0 Å². The Kier molecular flexibility index (Phi) is 3.09. The predicted molar refractivity (Wildman–Crippen MR) is 65.1 cm³/mol. The largest absolute Gasteiger partial charge is 0.304 e. The lowest BCUT2D eigenvalue weighted by Crippen LogP contribution is -2.61. The van der Waals surface area contributed by atoms with E-state index in [2.05, 4.69) is 4.90 Å². The molecule has 0 aliphatic carbocycles. The highest BCUT2D eigenvalue weighted by Gasteiger charge is 2.51. The smallest absolute Gasteiger partial charge is 0.262 e. The normalized spacial score (nSPS) is 33.1. The molecule has 0 amide bonds. The maximum Gasteiger partial charge on any atom is 0.262 e. The van der Waals surface area contributed by atoms with E-state index in [1.54, 1.807) is 12.1 Å². The van der Waals surface area contributed by atoms with Crippen LogP contribution in [0.25, 0.3) is 0 Å². The van der Waals surface area contributed by atoms with Crippen LogP contribution in [0.4, 0.5) is 4.39 Å². The van der Waals surface area contributed by atoms with Crippen LogP contribution in [-0.4, -0.2) is 24.3 Å². The van der Waals surface area contributed by atoms with Crippen LogP contribution in [0.2, 0.25) is 0 Å². The summed E-state index contributed by atoms with van der Waals surface area (Å²) in [6, 6.07) is 6.40. The lowest BCUT2D eigenvalue weighted by molar-refractivity contribution is -0.508. The molecule has 0 radical (unpaired) electrons. The van der Waals surface area contributed by atoms with Gasteiger partial charge in [-0.2, -0.15) is 0 Å². The Morgan fingerprint density at radius 2 is 1.72 bits per heavy atom. The summed E-state index contributed by atoms with van der Waals surface area (Å²) in [4.78, 5) is 2.21. The fraction of sp³-hybridized carbons (Fsp3) is 0.571. The number of benzene rings is 1. The zero-order valence-electron chi connectivity index (χ0n) is 10.6. The molecule has 0 unspecified atom stereocenters. The first-order valence-corrected chi connectivity index (χ1v) is 6.57. The van der Waals surface area contributed by atoms with Crippen LogP contribution < -0.4 is 0 Å². The predicted octanol–water partition coefficient (Wildman–Crippen LogP) is 2.81. The SMILES string of the molecule is CC1OC(c2ccc(F)cc2)(N2CCCCC2)O1. The minimum absolute atomic E-state index is 0.197. The Labute approximate surface area is 106 Å². The highest BCUT2D eigenvalue weighted by atomic mass is 19.1. The van der Waals surface area contributed by atoms with Crippen molar-refractivity contribution >= 4 is 0 Å². The van der Waals surface area contributed by atoms with Gasteiger partial charge in [-0.15, -0.1) is 0 Å². The third-order valence-electron chi connectivity index (χ3n) is 3.63. The fourth-order valence-corrected chi connectivity index (χ4v) is 2.78. The third-order valence-corrected chi connectivity index (χ3v) is 3.63. The van der Waals surface area contributed by atoms with Gasteiger partial charge in [0, 0.05) is 18.7 Å². The van der Waals surface area contributed by atoms with Gasteiger partial charge in [-0.05, 0) is 44.0 Å². The Bertz CT molecular complexity index is 408. The van der Waals surface area contributed by atoms with Crippen molar-refractivity contribution < 1.29 is 13.9 Å². The van der Waals surface area contributed by atoms with Gasteiger partial charge in [0.1, 0.15) is 5.82 Å². The summed E-state index contributed by atoms with van der Waals surface area (Å²) < 4.78 is 24.8. The van der Waals surface area contributed by atoms with E-state index < -0.39 is 5.91 Å². The molecule has 2 saturated heterocycles. The Hall–Kier alpha value is -0.970. The molecular weight excluding hydrogens is 233 g/mol. The van der Waals surface area contributed by atoms with Crippen LogP contribution in [-0.2, 0) is 15.4 Å². The van der Waals surface area contributed by atoms with Crippen molar-refractivity contribution in [2.24, 2.45) is 0 Å². The number of likely N-dealkylation sites (tertiary alicyclic amines) is 1. The second-order valence-electron chi connectivity index (χ2n) is 4.94. The van der Waals surface area contributed by atoms with E-state index in [9.17, 15) is 4.39 Å². The first kappa shape index (κ1) is 12.1. The van der Waals surface area contributed by atoms with Gasteiger partial charge in [0.15, 0.2) is 6.29 Å². The van der Waals surface area contributed by atoms with E-state index in [1.165, 1.54) is 18.6 Å². The van der Waals surface area contributed by atoms with Crippen molar-refractivity contribution in [3.05, 3.63) is 35.6 Å². The number of hydrogen-bond acceptors (Lipinski definition) is 3. The number of piperidine rings is 1. The maximum absolute atomic E-state index is 13.0. The monoisotopic (exact) mass is 251 g/mol. The molecule has 3 rings (SSSR count). The van der Waals surface area contributed by atoms with Crippen molar-refractivity contribution in [1.82, 2.24) is 4.90 Å². The average molecular weight is 251 g/mol. The van der Waals surface area contributed by atoms with Crippen LogP contribution in [0.1, 0.15) is 31.7 Å². The van der Waals surface area contributed by atoms with Gasteiger partial charge in [-0.3, -0.25) is 0 Å². The van der Waals surface area contributed by atoms with Gasteiger partial charge < -0.3 is 9.47 Å². The van der Waals surface area contributed by atoms with E-state index in [0.717, 1.165) is 31.5 Å². The molecule has 18 heavy (non-hydrogen) atoms. The first-order chi connectivity index (χ1) is 8.71. The quantitative estimate of drug-likeness (QED) is 0.806. The number of hydrogen-bond donors (Lipinski definition) is 0. The molecule has 2 fully saturated rings. The van der Waals surface area contributed by atoms with E-state index in [4.69, 9.17) is 9.47 Å². The molecule has 0 atom stereocenters. The summed E-state index contributed by atoms with van der Waals surface area (Å²) in [6.45, 7) is 3.81. The molecule has 0 spiro atoms. The molecule has 98 valence electrons. The van der Waals surface area contributed by atoms with Crippen molar-refractivity contribution in [2.45, 2.75) is 38.4 Å². The second-order valence-corrected chi connectivity index (χ2v) is 4.94. The van der Waals surface area contributed by atoms with Crippen LogP contribution in [0.3, 0.4) is 0 Å². The topological polar surface area (TPSA) is 21.7 Å². The molecule has 0 N–H and O–H groups in total. The number of rotatable bonds is 2. The third kappa shape index (κ3) is 1.94. The van der Waals surface area contributed by atoms with E-state index in [1.807, 2.05) is 6.92 Å². The fourth-order valence-electron chi connectivity index (χ4n) is 2.78. The van der Waals surface area contributed by atoms with Gasteiger partial charge in [0.2, 0.25) is 0 Å². The Balaban J connectivity index is 1.88. The van der Waals surface area contributed by atoms with Crippen LogP contribution >= 0.6 is 0 Å². The van der Waals surface area contributed by atoms with Gasteiger partial charge in [0.25, 0.3) is 5.91 Å². The van der Waals surface area contributed by atoms with Crippen LogP contribution in [0.15, 0.2) is 24.3 Å². The minimum atomic E-state index is -0.784. The van der Waals surface area contributed by atoms with Crippen molar-refractivity contribution in [1.29, 1.82) is 0 Å². The summed E-state index contributed by atoms with van der Waals surface area (Å²) in [6.07, 6.45) is 3.37. The van der Waals surface area contributed by atoms with Gasteiger partial charge in [-0.1, -0.05) is 6.42 Å². The summed E-state index contributed by atoms with van der Waals surface area (Å²) in [5, 5.41) is 0. The summed E-state index contributed by atoms with van der Waals surface area (Å²) in [5.41, 5.74) is 0.879. The molecule has 2 heterocycles. The van der Waals surface area contributed by atoms with Crippen LogP contribution in [0, 0.1) is 5.82 Å². The Morgan fingerprint density at radius 1 is 1.11 bits per heavy atom. The molecule has 0 saturated carbocycles. The molecular formula is C14H18FNO2. The summed E-state index contributed by atoms with van der Waals surface area (Å²) >= 11 is 0. The highest BCUT2D eigenvalue weighted by Crippen LogP contribution is 2.43. The van der Waals surface area contributed by atoms with Gasteiger partial charge in [-0.25, -0.2) is 9.29 Å². The van der Waals surface area contributed by atoms with Crippen molar-refractivity contribution in [2.75, 3.05) is 13.1 Å². The zero-order valence-corrected chi connectivity index (χ0v) is 10.6. The van der Waals surface area contributed by atoms with E-state index in [-0.39, 0.29) is 12.1 Å². The zero-order chi connectivity index (χ0) is 12.6. The summed E-state index contributed by atoms with van der Waals surface area (Å²) in [7, 11) is 0. The van der Waals surface area contributed by atoms with Gasteiger partial charge in [0.05, 0.1) is 0 Å². The highest BCUT2D eigenvalue weighted by molar-refractivity contribution is 5.22. The van der Waals surface area contributed by atoms with Crippen molar-refractivity contribution in [3.63, 3.8) is 0 Å². The molecule has 3 nitrogen and oxygen atoms in total. The molecule has 1 aromatic rings. The van der Waals surface area contributed by atoms with E-state index >= 15 is 0 Å². The average Bonchev–Trinajstić information content (AvgIpc) is 2.37. The molecule has 2 aliphatic rings. The molecule has 0 aromatic heterocycles. The Morgan fingerprint density at radius 3 is 2.28 bits per heavy atom. The van der Waals surface area contributed by atoms with Gasteiger partial charge >= 0.3 is 0 Å². The maximum atomic E-state index is 13.0. The number of ether oxygens (including phenoxy) is 2. The number of nitrogens with zero attached hydrogens (tertiary/aromatic N) is 1. The second kappa shape index (κ2) is 4.61. The number of halogens is 1.